The van der Waals surface area contributed by atoms with Crippen molar-refractivity contribution in [2.45, 2.75) is 91.0 Å². The Balaban J connectivity index is 4.92. The van der Waals surface area contributed by atoms with Crippen LogP contribution >= 0.6 is 0 Å². The molecule has 11 heteroatoms. The quantitative estimate of drug-likeness (QED) is 0.185. The first kappa shape index (κ1) is 30.9. The van der Waals surface area contributed by atoms with E-state index in [0.717, 1.165) is 6.08 Å². The van der Waals surface area contributed by atoms with Gasteiger partial charge in [-0.15, -0.1) is 0 Å². The van der Waals surface area contributed by atoms with Crippen molar-refractivity contribution in [3.05, 3.63) is 12.7 Å². The first-order chi connectivity index (χ1) is 15.6. The van der Waals surface area contributed by atoms with Crippen LogP contribution in [0.3, 0.4) is 0 Å². The predicted molar refractivity (Wildman–Crippen MR) is 127 cm³/mol. The minimum Gasteiger partial charge on any atom is -0.458 e. The molecule has 0 fully saturated rings. The van der Waals surface area contributed by atoms with Gasteiger partial charge in [-0.1, -0.05) is 13.5 Å². The second-order valence-electron chi connectivity index (χ2n) is 9.59. The minimum atomic E-state index is -1.11. The highest BCUT2D eigenvalue weighted by atomic mass is 16.6. The molecular formula is C23H40N4O7. The van der Waals surface area contributed by atoms with Gasteiger partial charge < -0.3 is 30.7 Å². The molecule has 0 aromatic heterocycles. The van der Waals surface area contributed by atoms with E-state index in [4.69, 9.17) is 9.47 Å². The number of hydrogen-bond acceptors (Lipinski definition) is 7. The van der Waals surface area contributed by atoms with Gasteiger partial charge in [0.2, 0.25) is 17.7 Å². The maximum atomic E-state index is 12.6. The van der Waals surface area contributed by atoms with E-state index < -0.39 is 47.2 Å². The summed E-state index contributed by atoms with van der Waals surface area (Å²) in [7, 11) is 0. The smallest absolute Gasteiger partial charge is 0.408 e. The lowest BCUT2D eigenvalue weighted by Gasteiger charge is -2.26. The van der Waals surface area contributed by atoms with E-state index in [1.807, 2.05) is 0 Å². The van der Waals surface area contributed by atoms with Crippen molar-refractivity contribution in [1.82, 2.24) is 21.3 Å². The lowest BCUT2D eigenvalue weighted by atomic mass is 10.1. The van der Waals surface area contributed by atoms with Gasteiger partial charge in [0.15, 0.2) is 0 Å². The van der Waals surface area contributed by atoms with Gasteiger partial charge in [0.05, 0.1) is 0 Å². The molecule has 11 nitrogen and oxygen atoms in total. The van der Waals surface area contributed by atoms with Crippen LogP contribution < -0.4 is 21.3 Å². The molecule has 0 saturated heterocycles. The van der Waals surface area contributed by atoms with Crippen molar-refractivity contribution in [2.75, 3.05) is 13.1 Å². The normalized spacial score (nSPS) is 13.0. The van der Waals surface area contributed by atoms with Crippen LogP contribution in [0.4, 0.5) is 4.79 Å². The van der Waals surface area contributed by atoms with Crippen LogP contribution in [0, 0.1) is 0 Å². The Morgan fingerprint density at radius 3 is 1.91 bits per heavy atom. The van der Waals surface area contributed by atoms with Crippen LogP contribution in [0.5, 0.6) is 0 Å². The van der Waals surface area contributed by atoms with E-state index >= 15 is 0 Å². The van der Waals surface area contributed by atoms with E-state index in [2.05, 4.69) is 27.8 Å². The predicted octanol–water partition coefficient (Wildman–Crippen LogP) is 1.31. The largest absolute Gasteiger partial charge is 0.458 e. The molecule has 0 aliphatic rings. The maximum Gasteiger partial charge on any atom is 0.408 e. The number of nitrogens with one attached hydrogen (secondary N) is 4. The van der Waals surface area contributed by atoms with E-state index in [1.54, 1.807) is 48.5 Å². The molecule has 34 heavy (non-hydrogen) atoms. The minimum absolute atomic E-state index is 0.0500. The molecule has 4 N–H and O–H groups in total. The van der Waals surface area contributed by atoms with Gasteiger partial charge in [-0.05, 0) is 60.5 Å². The number of rotatable bonds is 12. The summed E-state index contributed by atoms with van der Waals surface area (Å²) in [5, 5.41) is 10.2. The molecule has 0 aromatic carbocycles. The van der Waals surface area contributed by atoms with E-state index in [9.17, 15) is 24.0 Å². The first-order valence-electron chi connectivity index (χ1n) is 11.3. The van der Waals surface area contributed by atoms with Crippen LogP contribution in [0.15, 0.2) is 12.7 Å². The summed E-state index contributed by atoms with van der Waals surface area (Å²) in [5.74, 6) is -1.92. The third-order valence-electron chi connectivity index (χ3n) is 4.01. The molecule has 2 unspecified atom stereocenters. The Hall–Kier alpha value is -3.11. The van der Waals surface area contributed by atoms with Crippen LogP contribution in [0.2, 0.25) is 0 Å². The van der Waals surface area contributed by atoms with E-state index in [-0.39, 0.29) is 31.8 Å². The van der Waals surface area contributed by atoms with Gasteiger partial charge in [0.25, 0.3) is 0 Å². The number of esters is 1. The molecule has 0 aliphatic carbocycles. The number of alkyl carbamates (subject to hydrolysis) is 1. The average molecular weight is 485 g/mol. The Labute approximate surface area is 201 Å². The van der Waals surface area contributed by atoms with Crippen molar-refractivity contribution in [1.29, 1.82) is 0 Å². The summed E-state index contributed by atoms with van der Waals surface area (Å²) in [6, 6.07) is -1.90. The molecule has 0 radical (unpaired) electrons. The number of hydrogen-bond donors (Lipinski definition) is 4. The van der Waals surface area contributed by atoms with Gasteiger partial charge in [0.1, 0.15) is 23.3 Å². The molecule has 0 bridgehead atoms. The average Bonchev–Trinajstić information content (AvgIpc) is 2.69. The molecule has 0 aliphatic heterocycles. The van der Waals surface area contributed by atoms with Crippen LogP contribution in [-0.4, -0.2) is 66.2 Å². The third kappa shape index (κ3) is 14.9. The van der Waals surface area contributed by atoms with Crippen molar-refractivity contribution in [3.8, 4) is 0 Å². The summed E-state index contributed by atoms with van der Waals surface area (Å²) < 4.78 is 10.5. The van der Waals surface area contributed by atoms with E-state index in [1.165, 1.54) is 0 Å². The van der Waals surface area contributed by atoms with Crippen molar-refractivity contribution < 1.29 is 33.4 Å². The van der Waals surface area contributed by atoms with Gasteiger partial charge >= 0.3 is 12.1 Å². The van der Waals surface area contributed by atoms with Crippen LogP contribution in [-0.2, 0) is 28.7 Å². The molecule has 0 aromatic rings. The lowest BCUT2D eigenvalue weighted by molar-refractivity contribution is -0.157. The summed E-state index contributed by atoms with van der Waals surface area (Å²) >= 11 is 0. The van der Waals surface area contributed by atoms with E-state index in [0.29, 0.717) is 6.42 Å². The summed E-state index contributed by atoms with van der Waals surface area (Å²) in [4.78, 5) is 60.6. The molecule has 0 saturated carbocycles. The van der Waals surface area contributed by atoms with Gasteiger partial charge in [-0.2, -0.15) is 0 Å². The molecule has 0 spiro atoms. The van der Waals surface area contributed by atoms with Gasteiger partial charge in [-0.3, -0.25) is 14.4 Å². The zero-order valence-electron chi connectivity index (χ0n) is 21.3. The second kappa shape index (κ2) is 14.2. The molecule has 194 valence electrons. The third-order valence-corrected chi connectivity index (χ3v) is 4.01. The monoisotopic (exact) mass is 484 g/mol. The number of carbonyl (C=O) groups excluding carboxylic acids is 5. The van der Waals surface area contributed by atoms with Crippen molar-refractivity contribution in [3.63, 3.8) is 0 Å². The van der Waals surface area contributed by atoms with Crippen molar-refractivity contribution >= 4 is 29.8 Å². The molecule has 2 atom stereocenters. The van der Waals surface area contributed by atoms with Gasteiger partial charge in [-0.25, -0.2) is 9.59 Å². The summed E-state index contributed by atoms with van der Waals surface area (Å²) in [6.07, 6.45) is 0.462. The molecule has 0 heterocycles. The highest BCUT2D eigenvalue weighted by molar-refractivity contribution is 5.88. The standard InChI is InChI=1S/C23H40N4O7/c1-9-15(19(30)25-14-13-24-17(28)10-2)26-18(29)12-11-16(20(31)33-22(3,4)5)27-21(32)34-23(6,7)8/h10,15-16H,2,9,11-14H2,1,3-8H3,(H,24,28)(H,25,30)(H,26,29)(H,27,32). The molecule has 0 rings (SSSR count). The Kier molecular flexibility index (Phi) is 12.9. The van der Waals surface area contributed by atoms with Crippen LogP contribution in [0.25, 0.3) is 0 Å². The van der Waals surface area contributed by atoms with Crippen molar-refractivity contribution in [2.24, 2.45) is 0 Å². The number of ether oxygens (including phenoxy) is 2. The lowest BCUT2D eigenvalue weighted by Crippen LogP contribution is -2.49. The Morgan fingerprint density at radius 2 is 1.41 bits per heavy atom. The number of carbonyl (C=O) groups is 5. The summed E-state index contributed by atoms with van der Waals surface area (Å²) in [6.45, 7) is 15.6. The van der Waals surface area contributed by atoms with Gasteiger partial charge in [0, 0.05) is 19.5 Å². The fourth-order valence-corrected chi connectivity index (χ4v) is 2.53. The summed E-state index contributed by atoms with van der Waals surface area (Å²) in [5.41, 5.74) is -1.56. The first-order valence-corrected chi connectivity index (χ1v) is 11.3. The van der Waals surface area contributed by atoms with Crippen LogP contribution in [0.1, 0.15) is 67.7 Å². The number of amides is 4. The maximum absolute atomic E-state index is 12.6. The SMILES string of the molecule is C=CC(=O)NCCNC(=O)C(CC)NC(=O)CCC(NC(=O)OC(C)(C)C)C(=O)OC(C)(C)C. The molecule has 4 amide bonds. The topological polar surface area (TPSA) is 152 Å². The highest BCUT2D eigenvalue weighted by Crippen LogP contribution is 2.13. The molecular weight excluding hydrogens is 444 g/mol. The Bertz CT molecular complexity index is 739. The zero-order valence-corrected chi connectivity index (χ0v) is 21.3. The Morgan fingerprint density at radius 1 is 0.853 bits per heavy atom. The second-order valence-corrected chi connectivity index (χ2v) is 9.59. The zero-order chi connectivity index (χ0) is 26.5. The fraction of sp³-hybridized carbons (Fsp3) is 0.696. The highest BCUT2D eigenvalue weighted by Gasteiger charge is 2.29. The fourth-order valence-electron chi connectivity index (χ4n) is 2.53.